The van der Waals surface area contributed by atoms with Gasteiger partial charge >= 0.3 is 5.69 Å². The topological polar surface area (TPSA) is 72.6 Å². The maximum atomic E-state index is 10.6. The Balaban J connectivity index is 2.43. The van der Waals surface area contributed by atoms with Gasteiger partial charge in [-0.1, -0.05) is 0 Å². The van der Waals surface area contributed by atoms with Crippen LogP contribution >= 0.6 is 0 Å². The molecule has 5 heteroatoms. The maximum absolute atomic E-state index is 10.6. The lowest BCUT2D eigenvalue weighted by Gasteiger charge is -2.09. The van der Waals surface area contributed by atoms with Crippen molar-refractivity contribution in [3.8, 4) is 5.75 Å². The summed E-state index contributed by atoms with van der Waals surface area (Å²) in [5.41, 5.74) is -0.182. The Hall–Kier alpha value is -1.62. The van der Waals surface area contributed by atoms with Crippen molar-refractivity contribution in [3.63, 3.8) is 0 Å². The summed E-state index contributed by atoms with van der Waals surface area (Å²) >= 11 is 0. The molecule has 15 heavy (non-hydrogen) atoms. The maximum Gasteiger partial charge on any atom is 0.310 e. The van der Waals surface area contributed by atoms with E-state index in [1.54, 1.807) is 6.07 Å². The van der Waals surface area contributed by atoms with E-state index in [9.17, 15) is 15.2 Å². The second-order valence-corrected chi connectivity index (χ2v) is 3.68. The first-order valence-corrected chi connectivity index (χ1v) is 4.62. The first kappa shape index (κ1) is 9.92. The zero-order valence-corrected chi connectivity index (χ0v) is 8.27. The Morgan fingerprint density at radius 2 is 2.20 bits per heavy atom. The molecule has 1 aliphatic carbocycles. The number of ether oxygens (including phenoxy) is 1. The third kappa shape index (κ3) is 1.66. The smallest absolute Gasteiger partial charge is 0.310 e. The van der Waals surface area contributed by atoms with Gasteiger partial charge in [0.25, 0.3) is 0 Å². The van der Waals surface area contributed by atoms with E-state index in [-0.39, 0.29) is 11.4 Å². The quantitative estimate of drug-likeness (QED) is 0.606. The van der Waals surface area contributed by atoms with Crippen LogP contribution < -0.4 is 4.74 Å². The van der Waals surface area contributed by atoms with Crippen LogP contribution in [-0.4, -0.2) is 17.1 Å². The van der Waals surface area contributed by atoms with Crippen molar-refractivity contribution >= 4 is 5.69 Å². The Kier molecular flexibility index (Phi) is 2.12. The highest BCUT2D eigenvalue weighted by molar-refractivity contribution is 5.50. The van der Waals surface area contributed by atoms with Gasteiger partial charge in [0.05, 0.1) is 17.6 Å². The lowest BCUT2D eigenvalue weighted by atomic mass is 10.1. The van der Waals surface area contributed by atoms with Crippen molar-refractivity contribution in [2.24, 2.45) is 0 Å². The number of aliphatic hydroxyl groups is 1. The van der Waals surface area contributed by atoms with Gasteiger partial charge in [-0.05, 0) is 30.5 Å². The summed E-state index contributed by atoms with van der Waals surface area (Å²) in [6.07, 6.45) is 1.40. The molecule has 0 spiro atoms. The number of hydrogen-bond donors (Lipinski definition) is 1. The number of hydrogen-bond acceptors (Lipinski definition) is 4. The summed E-state index contributed by atoms with van der Waals surface area (Å²) in [5, 5.41) is 20.4. The predicted octanol–water partition coefficient (Wildman–Crippen LogP) is 1.58. The van der Waals surface area contributed by atoms with E-state index in [1.165, 1.54) is 19.2 Å². The zero-order chi connectivity index (χ0) is 11.1. The molecular weight excluding hydrogens is 198 g/mol. The fourth-order valence-electron chi connectivity index (χ4n) is 1.52. The number of nitro groups is 1. The van der Waals surface area contributed by atoms with Gasteiger partial charge in [0.15, 0.2) is 5.75 Å². The highest BCUT2D eigenvalue weighted by Crippen LogP contribution is 2.47. The molecule has 2 rings (SSSR count). The molecule has 0 atom stereocenters. The lowest BCUT2D eigenvalue weighted by molar-refractivity contribution is -0.385. The molecule has 1 aliphatic rings. The molecule has 1 saturated carbocycles. The molecule has 0 bridgehead atoms. The average Bonchev–Trinajstić information content (AvgIpc) is 2.96. The molecule has 1 N–H and O–H groups in total. The number of benzene rings is 1. The molecular formula is C10H11NO4. The fourth-order valence-corrected chi connectivity index (χ4v) is 1.52. The minimum atomic E-state index is -0.789. The van der Waals surface area contributed by atoms with E-state index in [0.29, 0.717) is 18.4 Å². The van der Waals surface area contributed by atoms with Crippen molar-refractivity contribution in [1.29, 1.82) is 0 Å². The number of nitro benzene ring substituents is 1. The molecule has 80 valence electrons. The van der Waals surface area contributed by atoms with Crippen LogP contribution in [0.5, 0.6) is 5.75 Å². The molecule has 0 amide bonds. The molecule has 0 aromatic heterocycles. The van der Waals surface area contributed by atoms with E-state index in [4.69, 9.17) is 4.74 Å². The summed E-state index contributed by atoms with van der Waals surface area (Å²) in [5.74, 6) is 0.192. The molecule has 1 aromatic carbocycles. The van der Waals surface area contributed by atoms with Gasteiger partial charge in [0.2, 0.25) is 0 Å². The summed E-state index contributed by atoms with van der Waals surface area (Å²) < 4.78 is 4.92. The van der Waals surface area contributed by atoms with Crippen molar-refractivity contribution in [1.82, 2.24) is 0 Å². The van der Waals surface area contributed by atoms with Crippen molar-refractivity contribution < 1.29 is 14.8 Å². The second kappa shape index (κ2) is 3.20. The predicted molar refractivity (Wildman–Crippen MR) is 52.8 cm³/mol. The van der Waals surface area contributed by atoms with Gasteiger partial charge in [-0.3, -0.25) is 10.1 Å². The van der Waals surface area contributed by atoms with Crippen LogP contribution in [0.3, 0.4) is 0 Å². The second-order valence-electron chi connectivity index (χ2n) is 3.68. The van der Waals surface area contributed by atoms with Crippen molar-refractivity contribution in [3.05, 3.63) is 33.9 Å². The fraction of sp³-hybridized carbons (Fsp3) is 0.400. The largest absolute Gasteiger partial charge is 0.490 e. The third-order valence-electron chi connectivity index (χ3n) is 2.64. The lowest BCUT2D eigenvalue weighted by Crippen LogP contribution is -2.05. The number of nitrogens with zero attached hydrogens (tertiary/aromatic N) is 1. The van der Waals surface area contributed by atoms with E-state index >= 15 is 0 Å². The van der Waals surface area contributed by atoms with E-state index in [1.807, 2.05) is 0 Å². The Bertz CT molecular complexity index is 412. The summed E-state index contributed by atoms with van der Waals surface area (Å²) in [6, 6.07) is 4.48. The van der Waals surface area contributed by atoms with Crippen LogP contribution in [0.25, 0.3) is 0 Å². The number of rotatable bonds is 3. The normalized spacial score (nSPS) is 17.2. The minimum absolute atomic E-state index is 0.0782. The van der Waals surface area contributed by atoms with Crippen molar-refractivity contribution in [2.45, 2.75) is 18.4 Å². The van der Waals surface area contributed by atoms with Crippen molar-refractivity contribution in [2.75, 3.05) is 7.11 Å². The van der Waals surface area contributed by atoms with Crippen LogP contribution in [0, 0.1) is 10.1 Å². The Morgan fingerprint density at radius 1 is 1.53 bits per heavy atom. The Morgan fingerprint density at radius 3 is 2.67 bits per heavy atom. The SMILES string of the molecule is COc1cc(C2(O)CC2)ccc1[N+](=O)[O-]. The van der Waals surface area contributed by atoms with E-state index < -0.39 is 10.5 Å². The first-order chi connectivity index (χ1) is 7.07. The molecule has 0 saturated heterocycles. The number of methoxy groups -OCH3 is 1. The highest BCUT2D eigenvalue weighted by Gasteiger charge is 2.42. The molecule has 0 radical (unpaired) electrons. The zero-order valence-electron chi connectivity index (χ0n) is 8.27. The van der Waals surface area contributed by atoms with Crippen LogP contribution in [-0.2, 0) is 5.60 Å². The van der Waals surface area contributed by atoms with Gasteiger partial charge in [-0.2, -0.15) is 0 Å². The molecule has 1 fully saturated rings. The van der Waals surface area contributed by atoms with Gasteiger partial charge in [0.1, 0.15) is 0 Å². The minimum Gasteiger partial charge on any atom is -0.490 e. The standard InChI is InChI=1S/C10H11NO4/c1-15-9-6-7(10(12)4-5-10)2-3-8(9)11(13)14/h2-3,6,12H,4-5H2,1H3. The first-order valence-electron chi connectivity index (χ1n) is 4.62. The highest BCUT2D eigenvalue weighted by atomic mass is 16.6. The summed E-state index contributed by atoms with van der Waals surface area (Å²) in [4.78, 5) is 10.1. The molecule has 1 aromatic rings. The van der Waals surface area contributed by atoms with Gasteiger partial charge < -0.3 is 9.84 Å². The van der Waals surface area contributed by atoms with Crippen LogP contribution in [0.2, 0.25) is 0 Å². The van der Waals surface area contributed by atoms with Gasteiger partial charge in [-0.15, -0.1) is 0 Å². The monoisotopic (exact) mass is 209 g/mol. The van der Waals surface area contributed by atoms with E-state index in [0.717, 1.165) is 0 Å². The van der Waals surface area contributed by atoms with Crippen LogP contribution in [0.15, 0.2) is 18.2 Å². The molecule has 5 nitrogen and oxygen atoms in total. The Labute approximate surface area is 86.4 Å². The molecule has 0 heterocycles. The third-order valence-corrected chi connectivity index (χ3v) is 2.64. The summed E-state index contributed by atoms with van der Waals surface area (Å²) in [7, 11) is 1.38. The van der Waals surface area contributed by atoms with Gasteiger partial charge in [-0.25, -0.2) is 0 Å². The molecule has 0 aliphatic heterocycles. The molecule has 0 unspecified atom stereocenters. The van der Waals surface area contributed by atoms with Crippen LogP contribution in [0.1, 0.15) is 18.4 Å². The van der Waals surface area contributed by atoms with E-state index in [2.05, 4.69) is 0 Å². The average molecular weight is 209 g/mol. The van der Waals surface area contributed by atoms with Gasteiger partial charge in [0, 0.05) is 6.07 Å². The van der Waals surface area contributed by atoms with Crippen LogP contribution in [0.4, 0.5) is 5.69 Å². The summed E-state index contributed by atoms with van der Waals surface area (Å²) in [6.45, 7) is 0.